The molecular weight excluding hydrogens is 1600 g/mol. The van der Waals surface area contributed by atoms with E-state index in [1.54, 1.807) is 35.0 Å². The number of amides is 3. The third-order valence-corrected chi connectivity index (χ3v) is 24.3. The van der Waals surface area contributed by atoms with Gasteiger partial charge in [0, 0.05) is 94.8 Å². The fraction of sp³-hybridized carbons (Fsp3) is 0.689. The number of piperidine rings is 1. The molecule has 6 heterocycles. The molecule has 4 fully saturated rings. The van der Waals surface area contributed by atoms with E-state index in [9.17, 15) is 48.9 Å². The number of nitrogens with two attached hydrogens (primary N) is 2. The van der Waals surface area contributed by atoms with Crippen LogP contribution >= 0.6 is 0 Å². The fourth-order valence-corrected chi connectivity index (χ4v) is 16.9. The highest BCUT2D eigenvalue weighted by Gasteiger charge is 2.53. The van der Waals surface area contributed by atoms with Crippen LogP contribution in [-0.4, -0.2) is 293 Å². The second-order valence-electron chi connectivity index (χ2n) is 33.5. The zero-order chi connectivity index (χ0) is 89.1. The van der Waals surface area contributed by atoms with E-state index >= 15 is 0 Å². The highest BCUT2D eigenvalue weighted by atomic mass is 16.6. The molecule has 1 aromatic carbocycles. The minimum atomic E-state index is -2.51. The van der Waals surface area contributed by atoms with Crippen LogP contribution < -0.4 is 32.2 Å². The number of Topliss-reactive ketones (excluding diaryl/α,β-unsaturated/α-hetero) is 3. The summed E-state index contributed by atoms with van der Waals surface area (Å²) in [5, 5.41) is 49.3. The lowest BCUT2D eigenvalue weighted by atomic mass is 9.80. The molecule has 15 atom stereocenters. The number of ether oxygens (including phenoxy) is 13. The molecule has 124 heavy (non-hydrogen) atoms. The summed E-state index contributed by atoms with van der Waals surface area (Å²) in [7, 11) is 4.72. The number of alkyl carbamates (subject to hydrolysis) is 1. The van der Waals surface area contributed by atoms with E-state index in [-0.39, 0.29) is 87.8 Å². The molecule has 3 aromatic heterocycles. The van der Waals surface area contributed by atoms with E-state index < -0.39 is 120 Å². The normalized spacial score (nSPS) is 28.7. The number of anilines is 1. The van der Waals surface area contributed by atoms with Crippen LogP contribution in [-0.2, 0) is 85.6 Å². The van der Waals surface area contributed by atoms with Crippen LogP contribution in [0.15, 0.2) is 78.2 Å². The predicted molar refractivity (Wildman–Crippen MR) is 461 cm³/mol. The van der Waals surface area contributed by atoms with Gasteiger partial charge in [-0.3, -0.25) is 24.0 Å². The van der Waals surface area contributed by atoms with Crippen LogP contribution in [0.1, 0.15) is 162 Å². The molecule has 0 unspecified atom stereocenters. The molecule has 5 aliphatic rings. The number of carbonyl (C=O) groups excluding carboxylic acids is 7. The number of para-hydroxylation sites is 1. The maximum Gasteiger partial charge on any atom is 0.407 e. The van der Waals surface area contributed by atoms with Crippen molar-refractivity contribution in [3.05, 3.63) is 84.0 Å². The molecular formula is C90H137N11O23. The Labute approximate surface area is 728 Å². The Morgan fingerprint density at radius 2 is 1.38 bits per heavy atom. The Morgan fingerprint density at radius 3 is 2.06 bits per heavy atom. The van der Waals surface area contributed by atoms with Crippen LogP contribution in [0.5, 0.6) is 5.75 Å². The number of rotatable bonds is 38. The zero-order valence-electron chi connectivity index (χ0n) is 73.9. The van der Waals surface area contributed by atoms with Crippen molar-refractivity contribution in [1.82, 2.24) is 45.4 Å². The number of nitrogens with zero attached hydrogens (tertiary/aromatic N) is 5. The molecule has 0 radical (unpaired) electrons. The van der Waals surface area contributed by atoms with E-state index in [1.165, 1.54) is 26.4 Å². The lowest BCUT2D eigenvalue weighted by Gasteiger charge is -2.42. The average Bonchev–Trinajstić information content (AvgIpc) is 1.63. The van der Waals surface area contributed by atoms with Gasteiger partial charge in [-0.15, -0.1) is 0 Å². The number of methoxy groups -OCH3 is 3. The lowest BCUT2D eigenvalue weighted by molar-refractivity contribution is -0.265. The maximum atomic E-state index is 14.6. The third kappa shape index (κ3) is 29.8. The minimum absolute atomic E-state index is 0.00201. The van der Waals surface area contributed by atoms with Gasteiger partial charge < -0.3 is 114 Å². The number of allylic oxidation sites excluding steroid dienone is 6. The number of hydrogen-bond donors (Lipinski definition) is 9. The Morgan fingerprint density at radius 1 is 0.718 bits per heavy atom. The van der Waals surface area contributed by atoms with Crippen LogP contribution in [0.25, 0.3) is 27.8 Å². The molecule has 2 bridgehead atoms. The quantitative estimate of drug-likeness (QED) is 0.00918. The van der Waals surface area contributed by atoms with Gasteiger partial charge in [0.1, 0.15) is 65.4 Å². The van der Waals surface area contributed by atoms with Crippen molar-refractivity contribution in [2.75, 3.05) is 152 Å². The summed E-state index contributed by atoms with van der Waals surface area (Å²) < 4.78 is 76.8. The lowest BCUT2D eigenvalue weighted by Crippen LogP contribution is -2.61. The van der Waals surface area contributed by atoms with Gasteiger partial charge in [-0.2, -0.15) is 5.10 Å². The molecule has 690 valence electrons. The summed E-state index contributed by atoms with van der Waals surface area (Å²) in [5.41, 5.74) is 17.6. The Bertz CT molecular complexity index is 4150. The smallest absolute Gasteiger partial charge is 0.407 e. The summed E-state index contributed by atoms with van der Waals surface area (Å²) in [4.78, 5) is 111. The first-order chi connectivity index (χ1) is 59.8. The number of fused-ring (bicyclic) bond motifs is 5. The first-order valence-electron chi connectivity index (χ1n) is 44.3. The Balaban J connectivity index is 0.590. The number of imidazole rings is 1. The number of benzene rings is 1. The number of nitrogens with one attached hydrogen (secondary N) is 4. The second kappa shape index (κ2) is 51.7. The average molecular weight is 1740 g/mol. The number of aliphatic hydroxyl groups excluding tert-OH is 2. The molecule has 11 N–H and O–H groups in total. The van der Waals surface area contributed by atoms with Crippen LogP contribution in [0, 0.1) is 35.5 Å². The van der Waals surface area contributed by atoms with E-state index in [1.807, 2.05) is 66.9 Å². The van der Waals surface area contributed by atoms with Gasteiger partial charge in [0.25, 0.3) is 11.7 Å². The van der Waals surface area contributed by atoms with E-state index in [0.717, 1.165) is 83.1 Å². The number of hydrogen-bond acceptors (Lipinski definition) is 29. The van der Waals surface area contributed by atoms with Gasteiger partial charge in [0.05, 0.1) is 129 Å². The molecule has 2 saturated carbocycles. The molecule has 2 saturated heterocycles. The third-order valence-electron chi connectivity index (χ3n) is 24.3. The van der Waals surface area contributed by atoms with Crippen molar-refractivity contribution >= 4 is 63.5 Å². The number of aromatic amines is 1. The first-order valence-corrected chi connectivity index (χ1v) is 44.3. The maximum absolute atomic E-state index is 14.6. The van der Waals surface area contributed by atoms with Gasteiger partial charge in [0.2, 0.25) is 11.7 Å². The van der Waals surface area contributed by atoms with Crippen LogP contribution in [0.4, 0.5) is 10.6 Å². The molecule has 34 heteroatoms. The fourth-order valence-electron chi connectivity index (χ4n) is 16.9. The number of nitrogen functional groups attached to an aromatic ring is 1. The molecule has 3 aliphatic heterocycles. The van der Waals surface area contributed by atoms with E-state index in [4.69, 9.17) is 78.0 Å². The van der Waals surface area contributed by atoms with Crippen molar-refractivity contribution in [3.8, 4) is 17.1 Å². The summed E-state index contributed by atoms with van der Waals surface area (Å²) in [5.74, 6) is -6.59. The van der Waals surface area contributed by atoms with Gasteiger partial charge in [-0.1, -0.05) is 76.3 Å². The van der Waals surface area contributed by atoms with Gasteiger partial charge in [0.15, 0.2) is 11.6 Å². The van der Waals surface area contributed by atoms with Crippen LogP contribution in [0.3, 0.4) is 0 Å². The SMILES string of the molecule is COc1cccc2cc(-c3nc(C4CCC(CNCCOCCOCCNC(=O)CCOCCOCCOCCOCCOCCNC(=O)O[C@@H]5CC[C@@H](C[C@@H](N)[C@@H]6CC(=O)[C@H](C)/C=C(\C)[C@@H](O)[C@@H](O)C(=O)[C@H](C)C[C@H](C)/C=C/C=C/C=C(\C)[C@@H](OC)C[C@@H]7CC[C@@H](C)[C@@](O)(O7)C(=O)C(=O)N7CCCC[C@H]7C(=O)O6)C[C@H]5OC)CC4)n4ncnc(N)c34)[nH]c12. The number of H-pyrrole nitrogens is 1. The standard InChI is InChI=1S/C90H137N11O23/c1-57-16-11-10-12-17-58(2)74(113-8)53-67-27-21-62(6)90(111,124-67)84(107)87(108)100-33-14-13-19-70(100)88(109)122-75(54-71(102)59(3)49-61(5)82(105)83(106)81(104)60(4)48-57)68(91)50-64-24-28-72(76(51-64)114-9)123-89(110)95-32-37-118-41-43-120-45-47-121-46-44-119-42-38-115-34-29-77(103)94-31-36-117-40-39-116-35-30-93-55-63-22-25-65(26-23-63)86-99-79(80-85(92)96-56-97-101(80)86)69-52-66-18-15-20-73(112-7)78(66)98-69/h10-12,15-18,20,49,52,56-57,59-60,62-65,67-68,70,72,74-76,82-83,93,98,105-106,111H,13-14,19,21-48,50-51,53-55,91H2,1-9H3,(H,94,103)(H,95,110)(H2,92,96,97)/b12-10+,16-11+,58-17+,61-49+/t57-,59-,60-,62-,63?,64+,65?,67+,68-,70+,72-,74+,75+,76-,82-,83+,90-/m1/s1. The summed E-state index contributed by atoms with van der Waals surface area (Å²) in [6.45, 7) is 17.4. The number of aliphatic hydroxyl groups is 3. The van der Waals surface area contributed by atoms with E-state index in [0.29, 0.717) is 148 Å². The van der Waals surface area contributed by atoms with Crippen molar-refractivity contribution in [2.24, 2.45) is 41.2 Å². The first kappa shape index (κ1) is 99.7. The second-order valence-corrected chi connectivity index (χ2v) is 33.5. The number of esters is 1. The summed E-state index contributed by atoms with van der Waals surface area (Å²) in [6, 6.07) is 5.73. The van der Waals surface area contributed by atoms with Crippen molar-refractivity contribution < 1.29 is 110 Å². The zero-order valence-corrected chi connectivity index (χ0v) is 73.9. The van der Waals surface area contributed by atoms with Crippen molar-refractivity contribution in [1.29, 1.82) is 0 Å². The van der Waals surface area contributed by atoms with E-state index in [2.05, 4.69) is 37.1 Å². The molecule has 0 spiro atoms. The Hall–Kier alpha value is -8.04. The van der Waals surface area contributed by atoms with Gasteiger partial charge in [-0.05, 0) is 151 Å². The summed E-state index contributed by atoms with van der Waals surface area (Å²) in [6.07, 6.45) is 12.6. The highest BCUT2D eigenvalue weighted by Crippen LogP contribution is 2.41. The molecule has 34 nitrogen and oxygen atoms in total. The monoisotopic (exact) mass is 1740 g/mol. The van der Waals surface area contributed by atoms with Crippen molar-refractivity contribution in [3.63, 3.8) is 0 Å². The topological polar surface area (TPSA) is 450 Å². The molecule has 2 aliphatic carbocycles. The molecule has 4 aromatic rings. The number of cyclic esters (lactones) is 1. The number of ketones is 3. The number of aromatic nitrogens is 5. The van der Waals surface area contributed by atoms with Gasteiger partial charge in [-0.25, -0.2) is 24.1 Å². The van der Waals surface area contributed by atoms with Crippen LogP contribution in [0.2, 0.25) is 0 Å². The predicted octanol–water partition coefficient (Wildman–Crippen LogP) is 7.31. The highest BCUT2D eigenvalue weighted by molar-refractivity contribution is 6.39. The van der Waals surface area contributed by atoms with Crippen molar-refractivity contribution in [2.45, 2.75) is 217 Å². The molecule has 9 rings (SSSR count). The van der Waals surface area contributed by atoms with Gasteiger partial charge >= 0.3 is 12.1 Å². The Kier molecular flexibility index (Phi) is 41.6. The number of carbonyl (C=O) groups is 7. The summed E-state index contributed by atoms with van der Waals surface area (Å²) >= 11 is 0. The minimum Gasteiger partial charge on any atom is -0.495 e. The largest absolute Gasteiger partial charge is 0.495 e. The molecule has 3 amide bonds.